The van der Waals surface area contributed by atoms with Gasteiger partial charge in [-0.1, -0.05) is 6.07 Å². The third kappa shape index (κ3) is 3.32. The van der Waals surface area contributed by atoms with Crippen LogP contribution in [0.15, 0.2) is 42.5 Å². The molecule has 3 heterocycles. The van der Waals surface area contributed by atoms with Crippen molar-refractivity contribution < 1.29 is 9.53 Å². The topological polar surface area (TPSA) is 63.0 Å². The molecule has 0 bridgehead atoms. The molecule has 1 amide bonds. The SMILES string of the molecule is COc1ccc(C(=O)N2CCCN(c3nnc4cccc(C)n34)CC2)cc1. The van der Waals surface area contributed by atoms with E-state index in [0.717, 1.165) is 49.1 Å². The van der Waals surface area contributed by atoms with Crippen LogP contribution in [-0.4, -0.2) is 58.7 Å². The van der Waals surface area contributed by atoms with Gasteiger partial charge in [-0.25, -0.2) is 0 Å². The van der Waals surface area contributed by atoms with E-state index in [0.29, 0.717) is 12.1 Å². The second-order valence-electron chi connectivity index (χ2n) is 6.72. The number of aryl methyl sites for hydroxylation is 1. The Bertz CT molecular complexity index is 951. The number of nitrogens with zero attached hydrogens (tertiary/aromatic N) is 5. The number of benzene rings is 1. The van der Waals surface area contributed by atoms with Crippen molar-refractivity contribution in [1.82, 2.24) is 19.5 Å². The fraction of sp³-hybridized carbons (Fsp3) is 0.350. The number of rotatable bonds is 3. The normalized spacial score (nSPS) is 15.0. The zero-order valence-corrected chi connectivity index (χ0v) is 15.6. The Kier molecular flexibility index (Phi) is 4.66. The fourth-order valence-corrected chi connectivity index (χ4v) is 3.52. The van der Waals surface area contributed by atoms with Gasteiger partial charge in [0, 0.05) is 37.4 Å². The van der Waals surface area contributed by atoms with E-state index in [2.05, 4.69) is 32.5 Å². The Morgan fingerprint density at radius 3 is 2.59 bits per heavy atom. The smallest absolute Gasteiger partial charge is 0.253 e. The van der Waals surface area contributed by atoms with E-state index >= 15 is 0 Å². The molecule has 7 heteroatoms. The minimum Gasteiger partial charge on any atom is -0.497 e. The zero-order chi connectivity index (χ0) is 18.8. The third-order valence-electron chi connectivity index (χ3n) is 5.01. The Morgan fingerprint density at radius 2 is 1.81 bits per heavy atom. The number of carbonyl (C=O) groups is 1. The minimum absolute atomic E-state index is 0.0572. The third-order valence-corrected chi connectivity index (χ3v) is 5.01. The number of aromatic nitrogens is 3. The monoisotopic (exact) mass is 365 g/mol. The van der Waals surface area contributed by atoms with Crippen LogP contribution in [0.5, 0.6) is 5.75 Å². The quantitative estimate of drug-likeness (QED) is 0.713. The van der Waals surface area contributed by atoms with Gasteiger partial charge in [0.2, 0.25) is 5.95 Å². The number of carbonyl (C=O) groups excluding carboxylic acids is 1. The summed E-state index contributed by atoms with van der Waals surface area (Å²) in [4.78, 5) is 17.0. The summed E-state index contributed by atoms with van der Waals surface area (Å²) in [6.07, 6.45) is 0.892. The minimum atomic E-state index is 0.0572. The lowest BCUT2D eigenvalue weighted by atomic mass is 10.2. The predicted octanol–water partition coefficient (Wildman–Crippen LogP) is 2.40. The number of anilines is 1. The first-order chi connectivity index (χ1) is 13.2. The molecule has 0 spiro atoms. The highest BCUT2D eigenvalue weighted by Crippen LogP contribution is 2.19. The Hall–Kier alpha value is -3.09. The standard InChI is InChI=1S/C20H23N5O2/c1-15-5-3-6-18-21-22-20(25(15)18)24-12-4-11-23(13-14-24)19(26)16-7-9-17(27-2)10-8-16/h3,5-10H,4,11-14H2,1-2H3. The number of hydrogen-bond donors (Lipinski definition) is 0. The van der Waals surface area contributed by atoms with Gasteiger partial charge in [-0.15, -0.1) is 10.2 Å². The van der Waals surface area contributed by atoms with E-state index in [1.807, 2.05) is 41.3 Å². The van der Waals surface area contributed by atoms with E-state index in [1.54, 1.807) is 7.11 Å². The van der Waals surface area contributed by atoms with Crippen molar-refractivity contribution in [1.29, 1.82) is 0 Å². The first-order valence-corrected chi connectivity index (χ1v) is 9.16. The van der Waals surface area contributed by atoms with Gasteiger partial charge in [-0.2, -0.15) is 0 Å². The van der Waals surface area contributed by atoms with E-state index in [1.165, 1.54) is 0 Å². The van der Waals surface area contributed by atoms with E-state index in [9.17, 15) is 4.79 Å². The van der Waals surface area contributed by atoms with E-state index in [-0.39, 0.29) is 5.91 Å². The van der Waals surface area contributed by atoms with Gasteiger partial charge in [0.15, 0.2) is 5.65 Å². The second-order valence-corrected chi connectivity index (χ2v) is 6.72. The van der Waals surface area contributed by atoms with Gasteiger partial charge in [0.25, 0.3) is 5.91 Å². The van der Waals surface area contributed by atoms with Crippen molar-refractivity contribution >= 4 is 17.5 Å². The fourth-order valence-electron chi connectivity index (χ4n) is 3.52. The predicted molar refractivity (Wildman–Crippen MR) is 103 cm³/mol. The highest BCUT2D eigenvalue weighted by atomic mass is 16.5. The maximum Gasteiger partial charge on any atom is 0.253 e. The Balaban J connectivity index is 1.50. The van der Waals surface area contributed by atoms with Crippen LogP contribution >= 0.6 is 0 Å². The highest BCUT2D eigenvalue weighted by Gasteiger charge is 2.23. The molecular formula is C20H23N5O2. The Morgan fingerprint density at radius 1 is 1.00 bits per heavy atom. The molecule has 0 aliphatic carbocycles. The van der Waals surface area contributed by atoms with Crippen molar-refractivity contribution in [2.45, 2.75) is 13.3 Å². The van der Waals surface area contributed by atoms with Crippen molar-refractivity contribution in [2.75, 3.05) is 38.2 Å². The van der Waals surface area contributed by atoms with Gasteiger partial charge in [0.1, 0.15) is 5.75 Å². The van der Waals surface area contributed by atoms with E-state index < -0.39 is 0 Å². The second kappa shape index (κ2) is 7.26. The van der Waals surface area contributed by atoms with E-state index in [4.69, 9.17) is 4.74 Å². The van der Waals surface area contributed by atoms with Crippen LogP contribution in [0.1, 0.15) is 22.5 Å². The lowest BCUT2D eigenvalue weighted by Crippen LogP contribution is -2.35. The van der Waals surface area contributed by atoms with Gasteiger partial charge in [-0.3, -0.25) is 9.20 Å². The van der Waals surface area contributed by atoms with Crippen molar-refractivity contribution in [3.8, 4) is 5.75 Å². The summed E-state index contributed by atoms with van der Waals surface area (Å²) in [5.41, 5.74) is 2.64. The number of hydrogen-bond acceptors (Lipinski definition) is 5. The van der Waals surface area contributed by atoms with Crippen molar-refractivity contribution in [3.05, 3.63) is 53.7 Å². The van der Waals surface area contributed by atoms with Crippen LogP contribution in [0.4, 0.5) is 5.95 Å². The summed E-state index contributed by atoms with van der Waals surface area (Å²) in [6, 6.07) is 13.3. The first-order valence-electron chi connectivity index (χ1n) is 9.16. The van der Waals surface area contributed by atoms with Crippen molar-refractivity contribution in [3.63, 3.8) is 0 Å². The first kappa shape index (κ1) is 17.3. The maximum absolute atomic E-state index is 12.8. The summed E-state index contributed by atoms with van der Waals surface area (Å²) >= 11 is 0. The average Bonchev–Trinajstić information content (AvgIpc) is 2.99. The van der Waals surface area contributed by atoms with Crippen LogP contribution < -0.4 is 9.64 Å². The number of amides is 1. The Labute approximate surface area is 158 Å². The highest BCUT2D eigenvalue weighted by molar-refractivity contribution is 5.94. The van der Waals surface area contributed by atoms with Gasteiger partial charge in [-0.05, 0) is 49.7 Å². The lowest BCUT2D eigenvalue weighted by molar-refractivity contribution is 0.0767. The molecule has 2 aromatic heterocycles. The molecular weight excluding hydrogens is 342 g/mol. The lowest BCUT2D eigenvalue weighted by Gasteiger charge is -2.22. The summed E-state index contributed by atoms with van der Waals surface area (Å²) < 4.78 is 7.24. The van der Waals surface area contributed by atoms with Gasteiger partial charge >= 0.3 is 0 Å². The zero-order valence-electron chi connectivity index (χ0n) is 15.6. The summed E-state index contributed by atoms with van der Waals surface area (Å²) in [5, 5.41) is 8.67. The van der Waals surface area contributed by atoms with Crippen LogP contribution in [-0.2, 0) is 0 Å². The summed E-state index contributed by atoms with van der Waals surface area (Å²) in [7, 11) is 1.62. The van der Waals surface area contributed by atoms with Crippen LogP contribution in [0, 0.1) is 6.92 Å². The van der Waals surface area contributed by atoms with Crippen molar-refractivity contribution in [2.24, 2.45) is 0 Å². The summed E-state index contributed by atoms with van der Waals surface area (Å²) in [5.74, 6) is 1.66. The molecule has 27 heavy (non-hydrogen) atoms. The molecule has 1 aliphatic rings. The number of pyridine rings is 1. The molecule has 1 aromatic carbocycles. The van der Waals surface area contributed by atoms with Crippen LogP contribution in [0.25, 0.3) is 5.65 Å². The molecule has 0 unspecified atom stereocenters. The van der Waals surface area contributed by atoms with Crippen LogP contribution in [0.3, 0.4) is 0 Å². The number of ether oxygens (including phenoxy) is 1. The molecule has 3 aromatic rings. The molecule has 1 aliphatic heterocycles. The average molecular weight is 365 g/mol. The molecule has 0 radical (unpaired) electrons. The summed E-state index contributed by atoms with van der Waals surface area (Å²) in [6.45, 7) is 5.03. The van der Waals surface area contributed by atoms with Gasteiger partial charge in [0.05, 0.1) is 7.11 Å². The van der Waals surface area contributed by atoms with Crippen LogP contribution in [0.2, 0.25) is 0 Å². The van der Waals surface area contributed by atoms with Gasteiger partial charge < -0.3 is 14.5 Å². The molecule has 140 valence electrons. The molecule has 0 atom stereocenters. The molecule has 1 saturated heterocycles. The number of fused-ring (bicyclic) bond motifs is 1. The molecule has 4 rings (SSSR count). The molecule has 1 fully saturated rings. The number of methoxy groups -OCH3 is 1. The molecule has 0 saturated carbocycles. The largest absolute Gasteiger partial charge is 0.497 e. The maximum atomic E-state index is 12.8. The molecule has 0 N–H and O–H groups in total. The molecule has 7 nitrogen and oxygen atoms in total.